The number of imidazole rings is 1. The summed E-state index contributed by atoms with van der Waals surface area (Å²) in [7, 11) is 0. The Morgan fingerprint density at radius 3 is 3.20 bits per heavy atom. The van der Waals surface area contributed by atoms with Gasteiger partial charge in [0.15, 0.2) is 0 Å². The summed E-state index contributed by atoms with van der Waals surface area (Å²) in [5, 5.41) is 8.99. The normalized spacial score (nSPS) is 25.4. The highest BCUT2D eigenvalue weighted by Gasteiger charge is 2.48. The Balaban J connectivity index is 1.32. The number of nitrogens with zero attached hydrogens (tertiary/aromatic N) is 2. The van der Waals surface area contributed by atoms with Gasteiger partial charge in [0.05, 0.1) is 23.7 Å². The molecule has 7 nitrogen and oxygen atoms in total. The van der Waals surface area contributed by atoms with E-state index in [1.165, 1.54) is 0 Å². The third-order valence-corrected chi connectivity index (χ3v) is 5.29. The molecule has 25 heavy (non-hydrogen) atoms. The van der Waals surface area contributed by atoms with Crippen molar-refractivity contribution in [1.82, 2.24) is 25.3 Å². The van der Waals surface area contributed by atoms with Crippen LogP contribution in [-0.4, -0.2) is 39.4 Å². The van der Waals surface area contributed by atoms with Gasteiger partial charge in [-0.05, 0) is 25.0 Å². The van der Waals surface area contributed by atoms with Crippen LogP contribution in [0, 0.1) is 0 Å². The molecule has 4 rings (SSSR count). The summed E-state index contributed by atoms with van der Waals surface area (Å²) in [5.41, 5.74) is 1.43. The van der Waals surface area contributed by atoms with Gasteiger partial charge in [-0.2, -0.15) is 0 Å². The molecule has 3 amide bonds. The van der Waals surface area contributed by atoms with Crippen molar-refractivity contribution in [3.05, 3.63) is 36.3 Å². The van der Waals surface area contributed by atoms with Gasteiger partial charge in [-0.15, -0.1) is 0 Å². The van der Waals surface area contributed by atoms with Gasteiger partial charge in [-0.1, -0.05) is 18.9 Å². The number of fused-ring (bicyclic) bond motifs is 2. The van der Waals surface area contributed by atoms with Crippen molar-refractivity contribution in [3.63, 3.8) is 0 Å². The van der Waals surface area contributed by atoms with Gasteiger partial charge < -0.3 is 20.4 Å². The fourth-order valence-electron chi connectivity index (χ4n) is 4.07. The summed E-state index contributed by atoms with van der Waals surface area (Å²) < 4.78 is 1.97. The van der Waals surface area contributed by atoms with E-state index in [9.17, 15) is 9.59 Å². The molecule has 7 heteroatoms. The lowest BCUT2D eigenvalue weighted by molar-refractivity contribution is -0.119. The summed E-state index contributed by atoms with van der Waals surface area (Å²) >= 11 is 0. The van der Waals surface area contributed by atoms with Crippen molar-refractivity contribution < 1.29 is 9.59 Å². The zero-order chi connectivity index (χ0) is 17.3. The predicted molar refractivity (Wildman–Crippen MR) is 93.2 cm³/mol. The van der Waals surface area contributed by atoms with Gasteiger partial charge >= 0.3 is 6.03 Å². The number of aromatic nitrogens is 2. The fourth-order valence-corrected chi connectivity index (χ4v) is 4.07. The molecule has 0 spiro atoms. The van der Waals surface area contributed by atoms with Crippen LogP contribution >= 0.6 is 0 Å². The number of carbonyl (C=O) groups is 2. The van der Waals surface area contributed by atoms with Gasteiger partial charge in [-0.25, -0.2) is 9.78 Å². The van der Waals surface area contributed by atoms with E-state index < -0.39 is 5.54 Å². The maximum absolute atomic E-state index is 12.3. The molecule has 0 radical (unpaired) electrons. The molecule has 3 N–H and O–H groups in total. The lowest BCUT2D eigenvalue weighted by atomic mass is 9.78. The van der Waals surface area contributed by atoms with Crippen molar-refractivity contribution in [2.45, 2.75) is 50.1 Å². The van der Waals surface area contributed by atoms with E-state index in [0.717, 1.165) is 37.0 Å². The topological polar surface area (TPSA) is 87.5 Å². The molecule has 1 saturated heterocycles. The Labute approximate surface area is 146 Å². The van der Waals surface area contributed by atoms with Gasteiger partial charge in [0.1, 0.15) is 5.65 Å². The Kier molecular flexibility index (Phi) is 4.07. The van der Waals surface area contributed by atoms with Crippen LogP contribution in [0.5, 0.6) is 0 Å². The van der Waals surface area contributed by atoms with Crippen molar-refractivity contribution in [1.29, 1.82) is 0 Å². The summed E-state index contributed by atoms with van der Waals surface area (Å²) in [4.78, 5) is 28.6. The maximum Gasteiger partial charge on any atom is 0.315 e. The Hall–Kier alpha value is -2.57. The Morgan fingerprint density at radius 2 is 2.32 bits per heavy atom. The first-order valence-electron chi connectivity index (χ1n) is 8.93. The molecule has 1 saturated carbocycles. The molecule has 3 heterocycles. The first-order chi connectivity index (χ1) is 12.1. The minimum absolute atomic E-state index is 0.0388. The minimum atomic E-state index is -0.414. The molecule has 0 aromatic carbocycles. The molecule has 132 valence electrons. The van der Waals surface area contributed by atoms with Crippen LogP contribution in [0.2, 0.25) is 0 Å². The van der Waals surface area contributed by atoms with Crippen LogP contribution in [0.1, 0.15) is 37.8 Å². The second-order valence-electron chi connectivity index (χ2n) is 7.03. The Morgan fingerprint density at radius 1 is 1.40 bits per heavy atom. The number of nitrogens with one attached hydrogen (secondary N) is 3. The van der Waals surface area contributed by atoms with Crippen molar-refractivity contribution >= 4 is 17.6 Å². The first-order valence-corrected chi connectivity index (χ1v) is 8.93. The average molecular weight is 341 g/mol. The van der Waals surface area contributed by atoms with Crippen molar-refractivity contribution in [2.75, 3.05) is 6.54 Å². The highest BCUT2D eigenvalue weighted by atomic mass is 16.2. The second kappa shape index (κ2) is 6.38. The number of pyridine rings is 1. The summed E-state index contributed by atoms with van der Waals surface area (Å²) in [5.74, 6) is 0.0388. The van der Waals surface area contributed by atoms with Crippen LogP contribution in [0.4, 0.5) is 4.79 Å². The summed E-state index contributed by atoms with van der Waals surface area (Å²) in [6.07, 6.45) is 8.93. The second-order valence-corrected chi connectivity index (χ2v) is 7.03. The monoisotopic (exact) mass is 341 g/mol. The van der Waals surface area contributed by atoms with Gasteiger partial charge in [0, 0.05) is 25.4 Å². The van der Waals surface area contributed by atoms with E-state index >= 15 is 0 Å². The number of hydrogen-bond donors (Lipinski definition) is 3. The fraction of sp³-hybridized carbons (Fsp3) is 0.500. The lowest BCUT2D eigenvalue weighted by Gasteiger charge is -2.38. The largest absolute Gasteiger partial charge is 0.351 e. The standard InChI is InChI=1S/C18H23N5O2/c24-16-11-18(8-3-1-5-14(18)21-16)22-17(25)19-9-7-13-12-23-10-4-2-6-15(23)20-13/h2,4,6,10,12,14H,1,3,5,7-9,11H2,(H,21,24)(H2,19,22,25)/t14-,18+/m0/s1. The van der Waals surface area contributed by atoms with E-state index in [1.54, 1.807) is 0 Å². The third-order valence-electron chi connectivity index (χ3n) is 5.29. The van der Waals surface area contributed by atoms with Crippen LogP contribution in [0.15, 0.2) is 30.6 Å². The zero-order valence-corrected chi connectivity index (χ0v) is 14.1. The first kappa shape index (κ1) is 15.9. The molecule has 2 aromatic rings. The lowest BCUT2D eigenvalue weighted by Crippen LogP contribution is -2.59. The number of rotatable bonds is 4. The molecule has 2 aliphatic rings. The highest BCUT2D eigenvalue weighted by Crippen LogP contribution is 2.35. The molecule has 2 fully saturated rings. The van der Waals surface area contributed by atoms with Gasteiger partial charge in [-0.3, -0.25) is 4.79 Å². The van der Waals surface area contributed by atoms with Crippen LogP contribution in [-0.2, 0) is 11.2 Å². The molecule has 1 aliphatic carbocycles. The van der Waals surface area contributed by atoms with E-state index in [1.807, 2.05) is 35.0 Å². The van der Waals surface area contributed by atoms with E-state index in [4.69, 9.17) is 0 Å². The zero-order valence-electron chi connectivity index (χ0n) is 14.1. The van der Waals surface area contributed by atoms with Crippen molar-refractivity contribution in [3.8, 4) is 0 Å². The molecular formula is C18H23N5O2. The maximum atomic E-state index is 12.3. The van der Waals surface area contributed by atoms with Crippen molar-refractivity contribution in [2.24, 2.45) is 0 Å². The van der Waals surface area contributed by atoms with E-state index in [0.29, 0.717) is 19.4 Å². The average Bonchev–Trinajstić information content (AvgIpc) is 3.13. The summed E-state index contributed by atoms with van der Waals surface area (Å²) in [6, 6.07) is 5.73. The number of amides is 3. The van der Waals surface area contributed by atoms with Crippen LogP contribution < -0.4 is 16.0 Å². The molecule has 2 atom stereocenters. The van der Waals surface area contributed by atoms with E-state index in [2.05, 4.69) is 20.9 Å². The van der Waals surface area contributed by atoms with Crippen LogP contribution in [0.25, 0.3) is 5.65 Å². The quantitative estimate of drug-likeness (QED) is 0.785. The van der Waals surface area contributed by atoms with Gasteiger partial charge in [0.25, 0.3) is 0 Å². The molecule has 0 unspecified atom stereocenters. The number of urea groups is 1. The van der Waals surface area contributed by atoms with E-state index in [-0.39, 0.29) is 18.0 Å². The van der Waals surface area contributed by atoms with Gasteiger partial charge in [0.2, 0.25) is 5.91 Å². The van der Waals surface area contributed by atoms with Crippen LogP contribution in [0.3, 0.4) is 0 Å². The third kappa shape index (κ3) is 3.18. The molecular weight excluding hydrogens is 318 g/mol. The minimum Gasteiger partial charge on any atom is -0.351 e. The summed E-state index contributed by atoms with van der Waals surface area (Å²) in [6.45, 7) is 0.512. The SMILES string of the molecule is O=C1C[C@]2(NC(=O)NCCc3cn4ccccc4n3)CCCC[C@@H]2N1. The molecule has 0 bridgehead atoms. The molecule has 2 aromatic heterocycles. The Bertz CT molecular complexity index is 769. The number of carbonyl (C=O) groups excluding carboxylic acids is 2. The predicted octanol–water partition coefficient (Wildman–Crippen LogP) is 1.38. The smallest absolute Gasteiger partial charge is 0.315 e. The molecule has 1 aliphatic heterocycles. The number of hydrogen-bond acceptors (Lipinski definition) is 3. The highest BCUT2D eigenvalue weighted by molar-refractivity contribution is 5.83.